The number of alkyl halides is 1. The lowest BCUT2D eigenvalue weighted by Gasteiger charge is -2.30. The Kier molecular flexibility index (Phi) is 3.83. The summed E-state index contributed by atoms with van der Waals surface area (Å²) in [4.78, 5) is 7.20. The van der Waals surface area contributed by atoms with E-state index < -0.39 is 0 Å². The molecule has 0 amide bonds. The predicted molar refractivity (Wildman–Crippen MR) is 78.3 cm³/mol. The first kappa shape index (κ1) is 12.4. The largest absolute Gasteiger partial charge is 0.297 e. The smallest absolute Gasteiger partial charge is 0.108 e. The SMILES string of the molecule is ClCC1CCN(Cc2nc3ccccc3s2)CC1. The van der Waals surface area contributed by atoms with E-state index in [1.54, 1.807) is 0 Å². The Labute approximate surface area is 117 Å². The topological polar surface area (TPSA) is 16.1 Å². The quantitative estimate of drug-likeness (QED) is 0.796. The van der Waals surface area contributed by atoms with Crippen molar-refractivity contribution in [2.24, 2.45) is 5.92 Å². The van der Waals surface area contributed by atoms with Gasteiger partial charge in [-0.25, -0.2) is 4.98 Å². The Morgan fingerprint density at radius 1 is 1.28 bits per heavy atom. The highest BCUT2D eigenvalue weighted by atomic mass is 35.5. The van der Waals surface area contributed by atoms with Gasteiger partial charge >= 0.3 is 0 Å². The Bertz CT molecular complexity index is 484. The van der Waals surface area contributed by atoms with Gasteiger partial charge in [-0.1, -0.05) is 12.1 Å². The standard InChI is InChI=1S/C14H17ClN2S/c15-9-11-5-7-17(8-6-11)10-14-16-12-3-1-2-4-13(12)18-14/h1-4,11H,5-10H2. The number of aromatic nitrogens is 1. The Hall–Kier alpha value is -0.640. The molecule has 4 heteroatoms. The molecule has 1 saturated heterocycles. The Balaban J connectivity index is 1.66. The molecule has 1 aliphatic rings. The number of likely N-dealkylation sites (tertiary alicyclic amines) is 1. The molecule has 1 aliphatic heterocycles. The third-order valence-corrected chi connectivity index (χ3v) is 5.08. The van der Waals surface area contributed by atoms with E-state index in [1.807, 2.05) is 11.3 Å². The predicted octanol–water partition coefficient (Wildman–Crippen LogP) is 3.75. The fourth-order valence-corrected chi connectivity index (χ4v) is 3.80. The number of thiazole rings is 1. The summed E-state index contributed by atoms with van der Waals surface area (Å²) in [6.45, 7) is 3.31. The summed E-state index contributed by atoms with van der Waals surface area (Å²) < 4.78 is 1.29. The number of fused-ring (bicyclic) bond motifs is 1. The first-order valence-corrected chi connectivity index (χ1v) is 7.83. The summed E-state index contributed by atoms with van der Waals surface area (Å²) in [5.74, 6) is 1.54. The van der Waals surface area contributed by atoms with Crippen LogP contribution in [0, 0.1) is 5.92 Å². The van der Waals surface area contributed by atoms with Gasteiger partial charge in [-0.15, -0.1) is 22.9 Å². The van der Waals surface area contributed by atoms with Gasteiger partial charge in [0.15, 0.2) is 0 Å². The van der Waals surface area contributed by atoms with Crippen LogP contribution in [0.2, 0.25) is 0 Å². The second-order valence-corrected chi connectivity index (χ2v) is 6.37. The second-order valence-electron chi connectivity index (χ2n) is 4.95. The zero-order valence-corrected chi connectivity index (χ0v) is 11.9. The second kappa shape index (κ2) is 5.55. The highest BCUT2D eigenvalue weighted by molar-refractivity contribution is 7.18. The number of benzene rings is 1. The number of piperidine rings is 1. The number of halogens is 1. The maximum absolute atomic E-state index is 5.91. The van der Waals surface area contributed by atoms with Crippen LogP contribution in [-0.2, 0) is 6.54 Å². The van der Waals surface area contributed by atoms with Crippen molar-refractivity contribution >= 4 is 33.2 Å². The van der Waals surface area contributed by atoms with Crippen molar-refractivity contribution in [1.82, 2.24) is 9.88 Å². The molecule has 0 unspecified atom stereocenters. The van der Waals surface area contributed by atoms with E-state index in [9.17, 15) is 0 Å². The van der Waals surface area contributed by atoms with Crippen molar-refractivity contribution in [1.29, 1.82) is 0 Å². The lowest BCUT2D eigenvalue weighted by molar-refractivity contribution is 0.186. The first-order valence-electron chi connectivity index (χ1n) is 6.48. The first-order chi connectivity index (χ1) is 8.85. The molecule has 3 rings (SSSR count). The molecule has 1 aromatic heterocycles. The fourth-order valence-electron chi connectivity index (χ4n) is 2.48. The van der Waals surface area contributed by atoms with Crippen molar-refractivity contribution in [2.75, 3.05) is 19.0 Å². The maximum atomic E-state index is 5.91. The van der Waals surface area contributed by atoms with Crippen LogP contribution in [0.25, 0.3) is 10.2 Å². The molecule has 0 atom stereocenters. The molecule has 2 heterocycles. The van der Waals surface area contributed by atoms with Crippen LogP contribution in [-0.4, -0.2) is 28.9 Å². The van der Waals surface area contributed by atoms with Gasteiger partial charge in [-0.3, -0.25) is 4.90 Å². The summed E-state index contributed by atoms with van der Waals surface area (Å²) in [5.41, 5.74) is 1.13. The molecule has 1 aromatic carbocycles. The number of para-hydroxylation sites is 1. The average molecular weight is 281 g/mol. The lowest BCUT2D eigenvalue weighted by atomic mass is 9.99. The van der Waals surface area contributed by atoms with Crippen LogP contribution in [0.4, 0.5) is 0 Å². The molecular formula is C14H17ClN2S. The van der Waals surface area contributed by atoms with E-state index in [0.717, 1.165) is 36.9 Å². The van der Waals surface area contributed by atoms with Gasteiger partial charge in [0.2, 0.25) is 0 Å². The maximum Gasteiger partial charge on any atom is 0.108 e. The normalized spacial score (nSPS) is 18.5. The van der Waals surface area contributed by atoms with Gasteiger partial charge < -0.3 is 0 Å². The van der Waals surface area contributed by atoms with Crippen LogP contribution in [0.1, 0.15) is 17.8 Å². The zero-order chi connectivity index (χ0) is 12.4. The van der Waals surface area contributed by atoms with Crippen molar-refractivity contribution in [2.45, 2.75) is 19.4 Å². The molecule has 0 spiro atoms. The third kappa shape index (κ3) is 2.68. The summed E-state index contributed by atoms with van der Waals surface area (Å²) >= 11 is 7.73. The molecule has 1 fully saturated rings. The zero-order valence-electron chi connectivity index (χ0n) is 10.3. The van der Waals surface area contributed by atoms with Gasteiger partial charge in [-0.2, -0.15) is 0 Å². The monoisotopic (exact) mass is 280 g/mol. The van der Waals surface area contributed by atoms with E-state index in [2.05, 4.69) is 29.2 Å². The van der Waals surface area contributed by atoms with Crippen LogP contribution in [0.3, 0.4) is 0 Å². The van der Waals surface area contributed by atoms with Crippen LogP contribution in [0.5, 0.6) is 0 Å². The summed E-state index contributed by atoms with van der Waals surface area (Å²) in [6, 6.07) is 8.37. The molecule has 0 radical (unpaired) electrons. The summed E-state index contributed by atoms with van der Waals surface area (Å²) in [7, 11) is 0. The van der Waals surface area contributed by atoms with Crippen molar-refractivity contribution < 1.29 is 0 Å². The third-order valence-electron chi connectivity index (χ3n) is 3.62. The van der Waals surface area contributed by atoms with Crippen LogP contribution in [0.15, 0.2) is 24.3 Å². The Morgan fingerprint density at radius 2 is 2.06 bits per heavy atom. The van der Waals surface area contributed by atoms with Gasteiger partial charge in [0, 0.05) is 5.88 Å². The lowest BCUT2D eigenvalue weighted by Crippen LogP contribution is -2.33. The molecule has 2 aromatic rings. The molecular weight excluding hydrogens is 264 g/mol. The van der Waals surface area contributed by atoms with Gasteiger partial charge in [0.1, 0.15) is 5.01 Å². The number of hydrogen-bond acceptors (Lipinski definition) is 3. The van der Waals surface area contributed by atoms with Gasteiger partial charge in [0.05, 0.1) is 16.8 Å². The van der Waals surface area contributed by atoms with E-state index >= 15 is 0 Å². The molecule has 0 aliphatic carbocycles. The molecule has 2 nitrogen and oxygen atoms in total. The molecule has 0 N–H and O–H groups in total. The average Bonchev–Trinajstić information content (AvgIpc) is 2.82. The summed E-state index contributed by atoms with van der Waals surface area (Å²) in [6.07, 6.45) is 2.46. The molecule has 0 saturated carbocycles. The molecule has 18 heavy (non-hydrogen) atoms. The highest BCUT2D eigenvalue weighted by Gasteiger charge is 2.19. The minimum absolute atomic E-state index is 0.721. The molecule has 0 bridgehead atoms. The summed E-state index contributed by atoms with van der Waals surface area (Å²) in [5, 5.41) is 1.24. The van der Waals surface area contributed by atoms with Crippen molar-refractivity contribution in [3.8, 4) is 0 Å². The minimum Gasteiger partial charge on any atom is -0.297 e. The van der Waals surface area contributed by atoms with Crippen LogP contribution >= 0.6 is 22.9 Å². The highest BCUT2D eigenvalue weighted by Crippen LogP contribution is 2.25. The number of rotatable bonds is 3. The minimum atomic E-state index is 0.721. The van der Waals surface area contributed by atoms with Crippen LogP contribution < -0.4 is 0 Å². The van der Waals surface area contributed by atoms with Crippen molar-refractivity contribution in [3.05, 3.63) is 29.3 Å². The molecule has 96 valence electrons. The van der Waals surface area contributed by atoms with Gasteiger partial charge in [-0.05, 0) is 44.0 Å². The van der Waals surface area contributed by atoms with Crippen molar-refractivity contribution in [3.63, 3.8) is 0 Å². The van der Waals surface area contributed by atoms with E-state index in [4.69, 9.17) is 16.6 Å². The van der Waals surface area contributed by atoms with Gasteiger partial charge in [0.25, 0.3) is 0 Å². The van der Waals surface area contributed by atoms with E-state index in [0.29, 0.717) is 0 Å². The van der Waals surface area contributed by atoms with E-state index in [1.165, 1.54) is 22.5 Å². The Morgan fingerprint density at radius 3 is 2.78 bits per heavy atom. The fraction of sp³-hybridized carbons (Fsp3) is 0.500. The number of nitrogens with zero attached hydrogens (tertiary/aromatic N) is 2. The number of hydrogen-bond donors (Lipinski definition) is 0. The van der Waals surface area contributed by atoms with E-state index in [-0.39, 0.29) is 0 Å².